The molecule has 1 saturated heterocycles. The summed E-state index contributed by atoms with van der Waals surface area (Å²) in [6.07, 6.45) is 3.01. The number of Topliss-reactive ketones (excluding diaryl/α,β-unsaturated/α-hetero) is 1. The molecule has 0 N–H and O–H groups in total. The lowest BCUT2D eigenvalue weighted by atomic mass is 10.0. The number of likely N-dealkylation sites (N-methyl/N-ethyl adjacent to an activating group) is 1. The summed E-state index contributed by atoms with van der Waals surface area (Å²) in [4.78, 5) is 41.0. The van der Waals surface area contributed by atoms with Gasteiger partial charge in [-0.3, -0.25) is 19.1 Å². The van der Waals surface area contributed by atoms with E-state index in [2.05, 4.69) is 21.9 Å². The van der Waals surface area contributed by atoms with Gasteiger partial charge in [0.2, 0.25) is 0 Å². The van der Waals surface area contributed by atoms with Crippen LogP contribution in [-0.4, -0.2) is 65.1 Å². The molecule has 0 unspecified atom stereocenters. The number of nitrogens with zero attached hydrogens (tertiary/aromatic N) is 5. The number of fused-ring (bicyclic) bond motifs is 1. The van der Waals surface area contributed by atoms with Crippen molar-refractivity contribution < 1.29 is 9.53 Å². The van der Waals surface area contributed by atoms with E-state index in [-0.39, 0.29) is 23.4 Å². The number of ether oxygens (including phenoxy) is 1. The van der Waals surface area contributed by atoms with Gasteiger partial charge in [0.05, 0.1) is 19.2 Å². The minimum atomic E-state index is -0.189. The Morgan fingerprint density at radius 1 is 1.26 bits per heavy atom. The predicted molar refractivity (Wildman–Crippen MR) is 140 cm³/mol. The molecule has 9 heteroatoms. The third-order valence-electron chi connectivity index (χ3n) is 6.51. The average Bonchev–Trinajstić information content (AvgIpc) is 3.49. The van der Waals surface area contributed by atoms with Crippen molar-refractivity contribution in [2.24, 2.45) is 0 Å². The highest BCUT2D eigenvalue weighted by Gasteiger charge is 2.33. The number of ketones is 1. The molecule has 1 atom stereocenters. The van der Waals surface area contributed by atoms with E-state index in [0.29, 0.717) is 29.9 Å². The maximum Gasteiger partial charge on any atom is 0.281 e. The van der Waals surface area contributed by atoms with E-state index < -0.39 is 0 Å². The second kappa shape index (κ2) is 11.4. The summed E-state index contributed by atoms with van der Waals surface area (Å²) in [5.41, 5.74) is 1.45. The Morgan fingerprint density at radius 2 is 2.03 bits per heavy atom. The molecule has 188 valence electrons. The lowest BCUT2D eigenvalue weighted by Gasteiger charge is -2.22. The first kappa shape index (κ1) is 25.5. The van der Waals surface area contributed by atoms with Gasteiger partial charge in [0, 0.05) is 32.7 Å². The van der Waals surface area contributed by atoms with Crippen LogP contribution in [0.5, 0.6) is 0 Å². The Kier molecular flexibility index (Phi) is 8.30. The van der Waals surface area contributed by atoms with E-state index in [1.807, 2.05) is 39.1 Å². The Bertz CT molecular complexity index is 1210. The van der Waals surface area contributed by atoms with Gasteiger partial charge in [-0.25, -0.2) is 9.97 Å². The minimum Gasteiger partial charge on any atom is -0.383 e. The standard InChI is InChI=1S/C26H35N5O3S/c1-18(2)31-22(17-29(3)15-16-34-4)27-24-23(25(31)33)28-26(35-24)30-14-8-11-20(30)21(32)13-12-19-9-6-5-7-10-19/h5-7,9-10,18,20H,8,11-17H2,1-4H3/t20-/m1/s1. The first-order valence-corrected chi connectivity index (χ1v) is 13.1. The molecule has 4 rings (SSSR count). The van der Waals surface area contributed by atoms with Crippen molar-refractivity contribution in [1.82, 2.24) is 19.4 Å². The summed E-state index contributed by atoms with van der Waals surface area (Å²) in [5.74, 6) is 0.960. The van der Waals surface area contributed by atoms with Gasteiger partial charge in [0.1, 0.15) is 5.82 Å². The Balaban J connectivity index is 1.58. The molecule has 1 fully saturated rings. The molecule has 3 heterocycles. The normalized spacial score (nSPS) is 16.2. The van der Waals surface area contributed by atoms with E-state index in [9.17, 15) is 9.59 Å². The van der Waals surface area contributed by atoms with Gasteiger partial charge < -0.3 is 9.64 Å². The average molecular weight is 498 g/mol. The van der Waals surface area contributed by atoms with E-state index in [4.69, 9.17) is 14.7 Å². The molecule has 0 saturated carbocycles. The number of anilines is 1. The summed E-state index contributed by atoms with van der Waals surface area (Å²) in [6.45, 7) is 6.66. The van der Waals surface area contributed by atoms with Gasteiger partial charge >= 0.3 is 0 Å². The molecule has 1 aliphatic rings. The molecule has 35 heavy (non-hydrogen) atoms. The lowest BCUT2D eigenvalue weighted by Crippen LogP contribution is -2.36. The van der Waals surface area contributed by atoms with Gasteiger partial charge in [0.25, 0.3) is 5.56 Å². The topological polar surface area (TPSA) is 80.6 Å². The second-order valence-corrected chi connectivity index (χ2v) is 10.4. The van der Waals surface area contributed by atoms with E-state index in [1.54, 1.807) is 11.7 Å². The largest absolute Gasteiger partial charge is 0.383 e. The monoisotopic (exact) mass is 497 g/mol. The van der Waals surface area contributed by atoms with Crippen LogP contribution in [0.4, 0.5) is 5.13 Å². The third kappa shape index (κ3) is 5.79. The zero-order valence-corrected chi connectivity index (χ0v) is 21.9. The predicted octanol–water partition coefficient (Wildman–Crippen LogP) is 3.68. The smallest absolute Gasteiger partial charge is 0.281 e. The van der Waals surface area contributed by atoms with Gasteiger partial charge in [-0.05, 0) is 45.7 Å². The zero-order chi connectivity index (χ0) is 24.9. The fourth-order valence-electron chi connectivity index (χ4n) is 4.66. The molecule has 1 aliphatic heterocycles. The van der Waals surface area contributed by atoms with Crippen molar-refractivity contribution >= 4 is 32.6 Å². The molecule has 0 amide bonds. The molecule has 3 aromatic rings. The quantitative estimate of drug-likeness (QED) is 0.400. The number of methoxy groups -OCH3 is 1. The van der Waals surface area contributed by atoms with Gasteiger partial charge in [-0.2, -0.15) is 0 Å². The van der Waals surface area contributed by atoms with Crippen LogP contribution in [0.2, 0.25) is 0 Å². The van der Waals surface area contributed by atoms with Crippen LogP contribution in [0, 0.1) is 0 Å². The summed E-state index contributed by atoms with van der Waals surface area (Å²) in [7, 11) is 3.67. The Hall–Kier alpha value is -2.62. The maximum absolute atomic E-state index is 13.4. The van der Waals surface area contributed by atoms with Crippen molar-refractivity contribution in [2.75, 3.05) is 38.8 Å². The van der Waals surface area contributed by atoms with Crippen molar-refractivity contribution in [2.45, 2.75) is 58.2 Å². The fourth-order valence-corrected chi connectivity index (χ4v) is 5.69. The van der Waals surface area contributed by atoms with Crippen molar-refractivity contribution in [3.63, 3.8) is 0 Å². The van der Waals surface area contributed by atoms with Crippen molar-refractivity contribution in [3.8, 4) is 0 Å². The molecule has 0 bridgehead atoms. The molecule has 8 nitrogen and oxygen atoms in total. The maximum atomic E-state index is 13.4. The van der Waals surface area contributed by atoms with Crippen LogP contribution in [0.1, 0.15) is 50.5 Å². The number of aryl methyl sites for hydroxylation is 1. The first-order chi connectivity index (χ1) is 16.9. The molecular weight excluding hydrogens is 462 g/mol. The number of carbonyl (C=O) groups excluding carboxylic acids is 1. The van der Waals surface area contributed by atoms with Crippen LogP contribution in [0.15, 0.2) is 35.1 Å². The molecule has 0 aliphatic carbocycles. The van der Waals surface area contributed by atoms with Crippen molar-refractivity contribution in [3.05, 3.63) is 52.1 Å². The molecule has 0 spiro atoms. The SMILES string of the molecule is COCCN(C)Cc1nc2sc(N3CCC[C@@H]3C(=O)CCc3ccccc3)nc2c(=O)n1C(C)C. The molecule has 0 radical (unpaired) electrons. The fraction of sp³-hybridized carbons (Fsp3) is 0.538. The molecule has 1 aromatic carbocycles. The summed E-state index contributed by atoms with van der Waals surface area (Å²) in [6, 6.07) is 9.89. The van der Waals surface area contributed by atoms with Crippen LogP contribution >= 0.6 is 11.3 Å². The van der Waals surface area contributed by atoms with Crippen LogP contribution < -0.4 is 10.5 Å². The van der Waals surface area contributed by atoms with Gasteiger partial charge in [0.15, 0.2) is 21.3 Å². The number of hydrogen-bond donors (Lipinski definition) is 0. The lowest BCUT2D eigenvalue weighted by molar-refractivity contribution is -0.120. The van der Waals surface area contributed by atoms with E-state index in [0.717, 1.165) is 43.3 Å². The number of aromatic nitrogens is 3. The third-order valence-corrected chi connectivity index (χ3v) is 7.49. The number of benzene rings is 1. The van der Waals surface area contributed by atoms with Crippen LogP contribution in [0.3, 0.4) is 0 Å². The van der Waals surface area contributed by atoms with Gasteiger partial charge in [-0.15, -0.1) is 0 Å². The number of rotatable bonds is 11. The summed E-state index contributed by atoms with van der Waals surface area (Å²) in [5, 5.41) is 0.723. The molecular formula is C26H35N5O3S. The number of carbonyl (C=O) groups is 1. The minimum absolute atomic E-state index is 0.0329. The van der Waals surface area contributed by atoms with Crippen LogP contribution in [0.25, 0.3) is 10.3 Å². The second-order valence-electron chi connectivity index (χ2n) is 9.48. The summed E-state index contributed by atoms with van der Waals surface area (Å²) >= 11 is 1.42. The summed E-state index contributed by atoms with van der Waals surface area (Å²) < 4.78 is 6.92. The zero-order valence-electron chi connectivity index (χ0n) is 21.1. The van der Waals surface area contributed by atoms with E-state index >= 15 is 0 Å². The Morgan fingerprint density at radius 3 is 2.74 bits per heavy atom. The van der Waals surface area contributed by atoms with Crippen LogP contribution in [-0.2, 0) is 22.5 Å². The Labute approximate surface area is 210 Å². The molecule has 2 aromatic heterocycles. The number of thiazole rings is 1. The first-order valence-electron chi connectivity index (χ1n) is 12.3. The van der Waals surface area contributed by atoms with E-state index in [1.165, 1.54) is 16.9 Å². The van der Waals surface area contributed by atoms with Crippen molar-refractivity contribution in [1.29, 1.82) is 0 Å². The van der Waals surface area contributed by atoms with Gasteiger partial charge in [-0.1, -0.05) is 41.7 Å². The highest BCUT2D eigenvalue weighted by molar-refractivity contribution is 7.21. The number of hydrogen-bond acceptors (Lipinski definition) is 8. The highest BCUT2D eigenvalue weighted by Crippen LogP contribution is 2.33. The highest BCUT2D eigenvalue weighted by atomic mass is 32.1.